The van der Waals surface area contributed by atoms with E-state index in [9.17, 15) is 18.0 Å². The van der Waals surface area contributed by atoms with E-state index in [1.165, 1.54) is 6.07 Å². The summed E-state index contributed by atoms with van der Waals surface area (Å²) in [5.41, 5.74) is -0.0835. The molecule has 0 unspecified atom stereocenters. The maximum absolute atomic E-state index is 13.6. The van der Waals surface area contributed by atoms with E-state index < -0.39 is 23.0 Å². The number of aromatic nitrogens is 2. The first kappa shape index (κ1) is 25.8. The lowest BCUT2D eigenvalue weighted by Gasteiger charge is -2.43. The Balaban J connectivity index is 1.41. The van der Waals surface area contributed by atoms with Crippen molar-refractivity contribution in [2.45, 2.75) is 44.1 Å². The molecule has 0 radical (unpaired) electrons. The van der Waals surface area contributed by atoms with Crippen molar-refractivity contribution in [3.05, 3.63) is 83.4 Å². The quantitative estimate of drug-likeness (QED) is 0.408. The molecule has 1 aromatic carbocycles. The molecular weight excluding hydrogens is 513 g/mol. The fraction of sp³-hybridized carbons (Fsp3) is 0.296. The highest BCUT2D eigenvalue weighted by atomic mass is 32.1. The van der Waals surface area contributed by atoms with Crippen molar-refractivity contribution in [1.29, 1.82) is 5.26 Å². The van der Waals surface area contributed by atoms with E-state index in [0.717, 1.165) is 41.3 Å². The number of hydrogen-bond acceptors (Lipinski definition) is 6. The molecule has 2 fully saturated rings. The van der Waals surface area contributed by atoms with Gasteiger partial charge in [-0.2, -0.15) is 18.4 Å². The molecule has 1 amide bonds. The third-order valence-corrected chi connectivity index (χ3v) is 7.35. The first-order valence-corrected chi connectivity index (χ1v) is 12.4. The SMILES string of the molecule is CN(Cc1ccncc1)Cc1ccc(N2C(=S)N(c3cnc(C#N)c(C(F)(F)F)c3)C(=O)C23CCC3)cc1. The molecule has 1 saturated heterocycles. The largest absolute Gasteiger partial charge is 0.419 e. The standard InChI is InChI=1S/C27H23F3N6OS/c1-34(17-19-7-11-32-12-8-19)16-18-3-5-20(6-4-18)36-25(38)35(24(37)26(36)9-2-10-26)21-13-22(27(28,29)30)23(14-31)33-15-21/h3-8,11-13,15H,2,9-10,16-17H2,1H3. The molecule has 3 aromatic rings. The van der Waals surface area contributed by atoms with Gasteiger partial charge in [0.15, 0.2) is 10.8 Å². The second-order valence-corrected chi connectivity index (χ2v) is 9.90. The number of anilines is 2. The van der Waals surface area contributed by atoms with E-state index in [1.807, 2.05) is 43.4 Å². The lowest BCUT2D eigenvalue weighted by atomic mass is 9.75. The summed E-state index contributed by atoms with van der Waals surface area (Å²) >= 11 is 5.67. The summed E-state index contributed by atoms with van der Waals surface area (Å²) in [5, 5.41) is 9.18. The fourth-order valence-electron chi connectivity index (χ4n) is 5.01. The summed E-state index contributed by atoms with van der Waals surface area (Å²) in [6.45, 7) is 1.45. The monoisotopic (exact) mass is 536 g/mol. The van der Waals surface area contributed by atoms with Crippen LogP contribution in [0.4, 0.5) is 24.5 Å². The van der Waals surface area contributed by atoms with Gasteiger partial charge in [0, 0.05) is 31.2 Å². The minimum absolute atomic E-state index is 0.0943. The molecule has 1 spiro atoms. The molecule has 1 saturated carbocycles. The van der Waals surface area contributed by atoms with E-state index in [2.05, 4.69) is 14.9 Å². The molecule has 5 rings (SSSR count). The number of pyridine rings is 2. The Labute approximate surface area is 223 Å². The number of rotatable bonds is 6. The lowest BCUT2D eigenvalue weighted by molar-refractivity contribution is -0.138. The predicted octanol–water partition coefficient (Wildman–Crippen LogP) is 5.06. The average Bonchev–Trinajstić information content (AvgIpc) is 3.11. The van der Waals surface area contributed by atoms with Gasteiger partial charge in [-0.25, -0.2) is 4.98 Å². The van der Waals surface area contributed by atoms with Crippen LogP contribution in [0.1, 0.15) is 41.6 Å². The Bertz CT molecular complexity index is 1420. The second kappa shape index (κ2) is 9.78. The Morgan fingerprint density at radius 2 is 1.71 bits per heavy atom. The number of hydrogen-bond donors (Lipinski definition) is 0. The number of carbonyl (C=O) groups excluding carboxylic acids is 1. The maximum Gasteiger partial charge on any atom is 0.419 e. The molecule has 3 heterocycles. The zero-order chi connectivity index (χ0) is 27.1. The van der Waals surface area contributed by atoms with Crippen molar-refractivity contribution >= 4 is 34.6 Å². The Morgan fingerprint density at radius 3 is 2.26 bits per heavy atom. The van der Waals surface area contributed by atoms with E-state index >= 15 is 0 Å². The van der Waals surface area contributed by atoms with Crippen LogP contribution in [0.2, 0.25) is 0 Å². The van der Waals surface area contributed by atoms with Gasteiger partial charge in [0.25, 0.3) is 5.91 Å². The van der Waals surface area contributed by atoms with Gasteiger partial charge in [-0.1, -0.05) is 12.1 Å². The van der Waals surface area contributed by atoms with Crippen molar-refractivity contribution in [1.82, 2.24) is 14.9 Å². The lowest BCUT2D eigenvalue weighted by Crippen LogP contribution is -2.55. The molecule has 1 aliphatic carbocycles. The van der Waals surface area contributed by atoms with Crippen LogP contribution in [-0.2, 0) is 24.1 Å². The molecule has 2 aliphatic rings. The van der Waals surface area contributed by atoms with Gasteiger partial charge < -0.3 is 4.90 Å². The van der Waals surface area contributed by atoms with Crippen LogP contribution in [0.5, 0.6) is 0 Å². The van der Waals surface area contributed by atoms with Crippen molar-refractivity contribution < 1.29 is 18.0 Å². The number of alkyl halides is 3. The van der Waals surface area contributed by atoms with Crippen molar-refractivity contribution in [2.24, 2.45) is 0 Å². The number of nitriles is 1. The zero-order valence-electron chi connectivity index (χ0n) is 20.4. The highest BCUT2D eigenvalue weighted by Crippen LogP contribution is 2.48. The minimum atomic E-state index is -4.80. The number of nitrogens with zero attached hydrogens (tertiary/aromatic N) is 6. The normalized spacial score (nSPS) is 16.7. The zero-order valence-corrected chi connectivity index (χ0v) is 21.3. The molecule has 2 aromatic heterocycles. The number of thiocarbonyl (C=S) groups is 1. The molecule has 38 heavy (non-hydrogen) atoms. The molecular formula is C27H23F3N6OS. The van der Waals surface area contributed by atoms with Gasteiger partial charge in [-0.05, 0) is 80.0 Å². The van der Waals surface area contributed by atoms with Crippen LogP contribution in [0.25, 0.3) is 0 Å². The van der Waals surface area contributed by atoms with Gasteiger partial charge in [0.2, 0.25) is 0 Å². The van der Waals surface area contributed by atoms with Gasteiger partial charge in [0.05, 0.1) is 17.4 Å². The summed E-state index contributed by atoms with van der Waals surface area (Å²) in [6, 6.07) is 13.9. The number of carbonyl (C=O) groups is 1. The van der Waals surface area contributed by atoms with Crippen LogP contribution >= 0.6 is 12.2 Å². The average molecular weight is 537 g/mol. The van der Waals surface area contributed by atoms with Gasteiger partial charge in [0.1, 0.15) is 11.6 Å². The van der Waals surface area contributed by atoms with E-state index in [0.29, 0.717) is 25.1 Å². The molecule has 11 heteroatoms. The van der Waals surface area contributed by atoms with Crippen LogP contribution in [0.3, 0.4) is 0 Å². The predicted molar refractivity (Wildman–Crippen MR) is 139 cm³/mol. The van der Waals surface area contributed by atoms with Gasteiger partial charge >= 0.3 is 6.18 Å². The third kappa shape index (κ3) is 4.50. The van der Waals surface area contributed by atoms with Crippen LogP contribution < -0.4 is 9.80 Å². The summed E-state index contributed by atoms with van der Waals surface area (Å²) in [4.78, 5) is 26.4. The Hall–Kier alpha value is -3.88. The van der Waals surface area contributed by atoms with E-state index in [4.69, 9.17) is 17.5 Å². The van der Waals surface area contributed by atoms with Crippen molar-refractivity contribution in [3.63, 3.8) is 0 Å². The molecule has 0 atom stereocenters. The van der Waals surface area contributed by atoms with Crippen LogP contribution in [0.15, 0.2) is 61.1 Å². The van der Waals surface area contributed by atoms with Crippen LogP contribution in [-0.4, -0.2) is 38.5 Å². The summed E-state index contributed by atoms with van der Waals surface area (Å²) < 4.78 is 40.7. The second-order valence-electron chi connectivity index (χ2n) is 9.54. The molecule has 194 valence electrons. The van der Waals surface area contributed by atoms with Crippen molar-refractivity contribution in [2.75, 3.05) is 16.8 Å². The van der Waals surface area contributed by atoms with Gasteiger partial charge in [-0.3, -0.25) is 19.6 Å². The number of halogens is 3. The topological polar surface area (TPSA) is 76.4 Å². The van der Waals surface area contributed by atoms with E-state index in [-0.39, 0.29) is 16.7 Å². The first-order valence-electron chi connectivity index (χ1n) is 12.0. The molecule has 0 N–H and O–H groups in total. The van der Waals surface area contributed by atoms with Gasteiger partial charge in [-0.15, -0.1) is 0 Å². The summed E-state index contributed by atoms with van der Waals surface area (Å²) in [5.74, 6) is -0.380. The molecule has 7 nitrogen and oxygen atoms in total. The molecule has 0 bridgehead atoms. The molecule has 1 aliphatic heterocycles. The third-order valence-electron chi connectivity index (χ3n) is 6.98. The number of benzene rings is 1. The fourth-order valence-corrected chi connectivity index (χ4v) is 5.48. The highest BCUT2D eigenvalue weighted by molar-refractivity contribution is 7.81. The van der Waals surface area contributed by atoms with Crippen LogP contribution in [0, 0.1) is 11.3 Å². The Morgan fingerprint density at radius 1 is 1.08 bits per heavy atom. The smallest absolute Gasteiger partial charge is 0.303 e. The number of amides is 1. The van der Waals surface area contributed by atoms with E-state index in [1.54, 1.807) is 17.3 Å². The Kier molecular flexibility index (Phi) is 6.63. The van der Waals surface area contributed by atoms with Crippen molar-refractivity contribution in [3.8, 4) is 6.07 Å². The first-order chi connectivity index (χ1) is 18.1. The minimum Gasteiger partial charge on any atom is -0.303 e. The highest BCUT2D eigenvalue weighted by Gasteiger charge is 2.59. The maximum atomic E-state index is 13.6. The summed E-state index contributed by atoms with van der Waals surface area (Å²) in [6.07, 6.45) is 1.69. The summed E-state index contributed by atoms with van der Waals surface area (Å²) in [7, 11) is 2.02.